The quantitative estimate of drug-likeness (QED) is 0.588. The Kier molecular flexibility index (Phi) is 7.30. The number of aliphatic imine (C=N–C) groups is 1. The molecule has 1 aliphatic rings. The van der Waals surface area contributed by atoms with Gasteiger partial charge in [0.1, 0.15) is 11.5 Å². The SMILES string of the molecule is CCOc1cc(/C=C2/SC(=Nc3ccccc3F)NC2=O)ccc1OC(CC)C(=O)O. The summed E-state index contributed by atoms with van der Waals surface area (Å²) < 4.78 is 25.0. The molecule has 31 heavy (non-hydrogen) atoms. The van der Waals surface area contributed by atoms with Crippen molar-refractivity contribution in [3.63, 3.8) is 0 Å². The number of nitrogens with zero attached hydrogens (tertiary/aromatic N) is 1. The Bertz CT molecular complexity index is 1050. The van der Waals surface area contributed by atoms with Gasteiger partial charge in [0, 0.05) is 0 Å². The van der Waals surface area contributed by atoms with Crippen LogP contribution in [0.3, 0.4) is 0 Å². The minimum absolute atomic E-state index is 0.135. The predicted octanol–water partition coefficient (Wildman–Crippen LogP) is 4.36. The number of benzene rings is 2. The van der Waals surface area contributed by atoms with E-state index < -0.39 is 17.9 Å². The summed E-state index contributed by atoms with van der Waals surface area (Å²) in [6, 6.07) is 11.0. The fraction of sp³-hybridized carbons (Fsp3) is 0.227. The zero-order chi connectivity index (χ0) is 22.4. The van der Waals surface area contributed by atoms with Gasteiger partial charge >= 0.3 is 5.97 Å². The standard InChI is InChI=1S/C22H21FN2O5S/c1-3-16(21(27)28)30-17-10-9-13(11-18(17)29-4-2)12-19-20(26)25-22(31-19)24-15-8-6-5-7-14(15)23/h5-12,16H,3-4H2,1-2H3,(H,27,28)(H,24,25,26)/b19-12+. The van der Waals surface area contributed by atoms with E-state index in [1.807, 2.05) is 0 Å². The number of para-hydroxylation sites is 1. The number of rotatable bonds is 8. The third-order valence-electron chi connectivity index (χ3n) is 4.21. The Morgan fingerprint density at radius 3 is 2.71 bits per heavy atom. The molecule has 1 fully saturated rings. The third-order valence-corrected chi connectivity index (χ3v) is 5.12. The van der Waals surface area contributed by atoms with E-state index in [9.17, 15) is 19.1 Å². The van der Waals surface area contributed by atoms with E-state index in [0.717, 1.165) is 11.8 Å². The topological polar surface area (TPSA) is 97.2 Å². The molecule has 0 aliphatic carbocycles. The lowest BCUT2D eigenvalue weighted by Crippen LogP contribution is -2.26. The monoisotopic (exact) mass is 444 g/mol. The first-order valence-corrected chi connectivity index (χ1v) is 10.4. The van der Waals surface area contributed by atoms with Gasteiger partial charge in [0.25, 0.3) is 5.91 Å². The van der Waals surface area contributed by atoms with Gasteiger partial charge in [-0.15, -0.1) is 0 Å². The normalized spacial score (nSPS) is 16.9. The highest BCUT2D eigenvalue weighted by atomic mass is 32.2. The van der Waals surface area contributed by atoms with Gasteiger partial charge in [-0.05, 0) is 61.0 Å². The first-order valence-electron chi connectivity index (χ1n) is 9.61. The number of carboxylic acids is 1. The second-order valence-electron chi connectivity index (χ2n) is 6.43. The highest BCUT2D eigenvalue weighted by Gasteiger charge is 2.25. The molecule has 0 saturated carbocycles. The summed E-state index contributed by atoms with van der Waals surface area (Å²) in [6.07, 6.45) is 0.954. The maximum Gasteiger partial charge on any atom is 0.344 e. The van der Waals surface area contributed by atoms with Gasteiger partial charge in [0.15, 0.2) is 22.8 Å². The Morgan fingerprint density at radius 2 is 2.03 bits per heavy atom. The average molecular weight is 444 g/mol. The molecule has 1 unspecified atom stereocenters. The van der Waals surface area contributed by atoms with E-state index in [1.165, 1.54) is 12.1 Å². The number of carbonyl (C=O) groups is 2. The van der Waals surface area contributed by atoms with Gasteiger partial charge < -0.3 is 19.9 Å². The molecule has 1 atom stereocenters. The Morgan fingerprint density at radius 1 is 1.26 bits per heavy atom. The molecular formula is C22H21FN2O5S. The average Bonchev–Trinajstić information content (AvgIpc) is 3.08. The van der Waals surface area contributed by atoms with Gasteiger partial charge in [-0.25, -0.2) is 14.2 Å². The molecule has 1 amide bonds. The fourth-order valence-electron chi connectivity index (χ4n) is 2.73. The Balaban J connectivity index is 1.84. The van der Waals surface area contributed by atoms with Gasteiger partial charge in [0.2, 0.25) is 0 Å². The molecule has 9 heteroatoms. The first-order chi connectivity index (χ1) is 14.9. The molecule has 2 aromatic carbocycles. The zero-order valence-corrected chi connectivity index (χ0v) is 17.7. The Labute approximate surface area is 183 Å². The van der Waals surface area contributed by atoms with Crippen LogP contribution in [0.2, 0.25) is 0 Å². The van der Waals surface area contributed by atoms with Crippen molar-refractivity contribution in [1.29, 1.82) is 0 Å². The van der Waals surface area contributed by atoms with Gasteiger partial charge in [-0.2, -0.15) is 0 Å². The summed E-state index contributed by atoms with van der Waals surface area (Å²) in [5.41, 5.74) is 0.791. The molecule has 0 aromatic heterocycles. The predicted molar refractivity (Wildman–Crippen MR) is 117 cm³/mol. The van der Waals surface area contributed by atoms with Crippen molar-refractivity contribution in [3.8, 4) is 11.5 Å². The lowest BCUT2D eigenvalue weighted by atomic mass is 10.1. The second-order valence-corrected chi connectivity index (χ2v) is 7.46. The molecule has 1 aliphatic heterocycles. The molecule has 7 nitrogen and oxygen atoms in total. The number of carbonyl (C=O) groups excluding carboxylic acids is 1. The zero-order valence-electron chi connectivity index (χ0n) is 16.9. The van der Waals surface area contributed by atoms with Gasteiger partial charge in [-0.3, -0.25) is 4.79 Å². The summed E-state index contributed by atoms with van der Waals surface area (Å²) in [5, 5.41) is 12.1. The molecule has 3 rings (SSSR count). The van der Waals surface area contributed by atoms with Crippen LogP contribution < -0.4 is 14.8 Å². The minimum atomic E-state index is -1.06. The molecular weight excluding hydrogens is 423 g/mol. The number of amides is 1. The molecule has 0 radical (unpaired) electrons. The number of nitrogens with one attached hydrogen (secondary N) is 1. The van der Waals surface area contributed by atoms with Crippen LogP contribution in [-0.4, -0.2) is 34.9 Å². The van der Waals surface area contributed by atoms with Gasteiger partial charge in [0.05, 0.1) is 11.5 Å². The summed E-state index contributed by atoms with van der Waals surface area (Å²) >= 11 is 1.09. The van der Waals surface area contributed by atoms with E-state index in [0.29, 0.717) is 35.0 Å². The van der Waals surface area contributed by atoms with Gasteiger partial charge in [-0.1, -0.05) is 25.1 Å². The highest BCUT2D eigenvalue weighted by molar-refractivity contribution is 8.18. The summed E-state index contributed by atoms with van der Waals surface area (Å²) in [5.74, 6) is -1.21. The summed E-state index contributed by atoms with van der Waals surface area (Å²) in [4.78, 5) is 28.1. The van der Waals surface area contributed by atoms with E-state index in [2.05, 4.69) is 10.3 Å². The largest absolute Gasteiger partial charge is 0.490 e. The first kappa shape index (κ1) is 22.4. The molecule has 1 saturated heterocycles. The molecule has 1 heterocycles. The van der Waals surface area contributed by atoms with Crippen LogP contribution in [0, 0.1) is 5.82 Å². The number of carboxylic acid groups (broad SMARTS) is 1. The van der Waals surface area contributed by atoms with Crippen molar-refractivity contribution in [2.45, 2.75) is 26.4 Å². The van der Waals surface area contributed by atoms with Crippen molar-refractivity contribution < 1.29 is 28.6 Å². The fourth-order valence-corrected chi connectivity index (χ4v) is 3.56. The maximum absolute atomic E-state index is 13.8. The van der Waals surface area contributed by atoms with E-state index >= 15 is 0 Å². The van der Waals surface area contributed by atoms with Crippen molar-refractivity contribution in [2.75, 3.05) is 6.61 Å². The van der Waals surface area contributed by atoms with Crippen molar-refractivity contribution in [2.24, 2.45) is 4.99 Å². The van der Waals surface area contributed by atoms with Crippen LogP contribution in [0.5, 0.6) is 11.5 Å². The van der Waals surface area contributed by atoms with E-state index in [1.54, 1.807) is 50.3 Å². The lowest BCUT2D eigenvalue weighted by Gasteiger charge is -2.16. The number of hydrogen-bond donors (Lipinski definition) is 2. The molecule has 2 N–H and O–H groups in total. The third kappa shape index (κ3) is 5.64. The number of thioether (sulfide) groups is 1. The van der Waals surface area contributed by atoms with Crippen molar-refractivity contribution in [1.82, 2.24) is 5.32 Å². The van der Waals surface area contributed by atoms with Crippen LogP contribution >= 0.6 is 11.8 Å². The van der Waals surface area contributed by atoms with Crippen LogP contribution in [-0.2, 0) is 9.59 Å². The second kappa shape index (κ2) is 10.1. The van der Waals surface area contributed by atoms with Crippen LogP contribution in [0.25, 0.3) is 6.08 Å². The highest BCUT2D eigenvalue weighted by Crippen LogP contribution is 2.33. The molecule has 0 spiro atoms. The summed E-state index contributed by atoms with van der Waals surface area (Å²) in [6.45, 7) is 3.87. The number of ether oxygens (including phenoxy) is 2. The maximum atomic E-state index is 13.8. The lowest BCUT2D eigenvalue weighted by molar-refractivity contribution is -0.145. The van der Waals surface area contributed by atoms with Crippen molar-refractivity contribution >= 4 is 40.6 Å². The van der Waals surface area contributed by atoms with E-state index in [-0.39, 0.29) is 16.8 Å². The number of hydrogen-bond acceptors (Lipinski definition) is 6. The number of aliphatic carboxylic acids is 1. The van der Waals surface area contributed by atoms with Crippen LogP contribution in [0.4, 0.5) is 10.1 Å². The smallest absolute Gasteiger partial charge is 0.344 e. The molecule has 0 bridgehead atoms. The number of amidine groups is 1. The molecule has 2 aromatic rings. The molecule has 162 valence electrons. The summed E-state index contributed by atoms with van der Waals surface area (Å²) in [7, 11) is 0. The van der Waals surface area contributed by atoms with Crippen LogP contribution in [0.1, 0.15) is 25.8 Å². The Hall–Kier alpha value is -3.33. The number of halogens is 1. The van der Waals surface area contributed by atoms with Crippen LogP contribution in [0.15, 0.2) is 52.4 Å². The minimum Gasteiger partial charge on any atom is -0.490 e. The van der Waals surface area contributed by atoms with E-state index in [4.69, 9.17) is 9.47 Å². The van der Waals surface area contributed by atoms with Crippen molar-refractivity contribution in [3.05, 3.63) is 58.8 Å².